The molecule has 0 atom stereocenters. The van der Waals surface area contributed by atoms with Gasteiger partial charge in [0.25, 0.3) is 0 Å². The Morgan fingerprint density at radius 1 is 1.38 bits per heavy atom. The molecule has 0 radical (unpaired) electrons. The van der Waals surface area contributed by atoms with Gasteiger partial charge in [0.2, 0.25) is 0 Å². The molecule has 0 aliphatic carbocycles. The van der Waals surface area contributed by atoms with Crippen LogP contribution in [0.15, 0.2) is 5.10 Å². The fraction of sp³-hybridized carbons (Fsp3) is 0.667. The van der Waals surface area contributed by atoms with Gasteiger partial charge in [0.05, 0.1) is 12.5 Å². The summed E-state index contributed by atoms with van der Waals surface area (Å²) in [6.07, 6.45) is 3.44. The second kappa shape index (κ2) is 8.55. The third-order valence-electron chi connectivity index (χ3n) is 1.48. The normalized spacial score (nSPS) is 10.2. The number of nitrogens with zero attached hydrogens (tertiary/aromatic N) is 3. The van der Waals surface area contributed by atoms with Crippen molar-refractivity contribution in [2.45, 2.75) is 32.6 Å². The highest BCUT2D eigenvalue weighted by atomic mass is 15.3. The van der Waals surface area contributed by atoms with Gasteiger partial charge in [-0.1, -0.05) is 19.8 Å². The van der Waals surface area contributed by atoms with Crippen LogP contribution in [-0.2, 0) is 0 Å². The molecule has 13 heavy (non-hydrogen) atoms. The molecular formula is C9H14N4. The lowest BCUT2D eigenvalue weighted by Gasteiger charge is -1.98. The monoisotopic (exact) mass is 178 g/mol. The third-order valence-corrected chi connectivity index (χ3v) is 1.48. The molecular weight excluding hydrogens is 164 g/mol. The van der Waals surface area contributed by atoms with E-state index in [1.165, 1.54) is 0 Å². The van der Waals surface area contributed by atoms with Gasteiger partial charge in [-0.15, -0.1) is 0 Å². The minimum absolute atomic E-state index is 0.0806. The van der Waals surface area contributed by atoms with Gasteiger partial charge in [-0.05, 0) is 6.42 Å². The van der Waals surface area contributed by atoms with Crippen LogP contribution in [-0.4, -0.2) is 12.3 Å². The SMILES string of the molecule is CCCCCNN=C(C#N)CC#N. The van der Waals surface area contributed by atoms with E-state index in [0.717, 1.165) is 25.8 Å². The molecule has 0 aromatic heterocycles. The number of nitrogens with one attached hydrogen (secondary N) is 1. The Morgan fingerprint density at radius 2 is 2.15 bits per heavy atom. The van der Waals surface area contributed by atoms with Crippen molar-refractivity contribution in [2.75, 3.05) is 6.54 Å². The van der Waals surface area contributed by atoms with Crippen LogP contribution in [0.1, 0.15) is 32.6 Å². The topological polar surface area (TPSA) is 72.0 Å². The molecule has 0 aromatic carbocycles. The molecule has 0 fully saturated rings. The van der Waals surface area contributed by atoms with E-state index in [1.807, 2.05) is 12.1 Å². The lowest BCUT2D eigenvalue weighted by Crippen LogP contribution is -2.10. The predicted molar refractivity (Wildman–Crippen MR) is 50.8 cm³/mol. The van der Waals surface area contributed by atoms with E-state index in [4.69, 9.17) is 10.5 Å². The molecule has 0 amide bonds. The highest BCUT2D eigenvalue weighted by molar-refractivity contribution is 5.99. The average molecular weight is 178 g/mol. The minimum Gasteiger partial charge on any atom is -0.309 e. The van der Waals surface area contributed by atoms with Gasteiger partial charge in [0, 0.05) is 6.54 Å². The zero-order valence-electron chi connectivity index (χ0n) is 7.88. The van der Waals surface area contributed by atoms with Gasteiger partial charge in [-0.25, -0.2) is 0 Å². The van der Waals surface area contributed by atoms with Crippen molar-refractivity contribution in [2.24, 2.45) is 5.10 Å². The van der Waals surface area contributed by atoms with Crippen molar-refractivity contribution in [3.8, 4) is 12.1 Å². The Balaban J connectivity index is 3.58. The molecule has 4 nitrogen and oxygen atoms in total. The Bertz CT molecular complexity index is 231. The number of hydrogen-bond acceptors (Lipinski definition) is 4. The van der Waals surface area contributed by atoms with E-state index in [-0.39, 0.29) is 12.1 Å². The van der Waals surface area contributed by atoms with Gasteiger partial charge < -0.3 is 5.43 Å². The maximum atomic E-state index is 8.49. The number of unbranched alkanes of at least 4 members (excludes halogenated alkanes) is 2. The lowest BCUT2D eigenvalue weighted by molar-refractivity contribution is 0.639. The molecule has 0 spiro atoms. The van der Waals surface area contributed by atoms with Gasteiger partial charge in [-0.2, -0.15) is 15.6 Å². The Labute approximate surface area is 78.9 Å². The molecule has 0 aromatic rings. The Kier molecular flexibility index (Phi) is 7.53. The summed E-state index contributed by atoms with van der Waals surface area (Å²) >= 11 is 0. The summed E-state index contributed by atoms with van der Waals surface area (Å²) in [4.78, 5) is 0. The molecule has 0 unspecified atom stereocenters. The highest BCUT2D eigenvalue weighted by Gasteiger charge is 1.94. The van der Waals surface area contributed by atoms with E-state index in [9.17, 15) is 0 Å². The fourth-order valence-corrected chi connectivity index (χ4v) is 0.784. The zero-order valence-corrected chi connectivity index (χ0v) is 7.88. The Morgan fingerprint density at radius 3 is 2.69 bits per heavy atom. The van der Waals surface area contributed by atoms with E-state index < -0.39 is 0 Å². The number of hydrogen-bond donors (Lipinski definition) is 1. The minimum atomic E-state index is 0.0806. The highest BCUT2D eigenvalue weighted by Crippen LogP contribution is 1.91. The molecule has 0 aliphatic rings. The van der Waals surface area contributed by atoms with E-state index >= 15 is 0 Å². The largest absolute Gasteiger partial charge is 0.309 e. The van der Waals surface area contributed by atoms with Crippen LogP contribution < -0.4 is 5.43 Å². The third kappa shape index (κ3) is 6.83. The van der Waals surface area contributed by atoms with Gasteiger partial charge >= 0.3 is 0 Å². The van der Waals surface area contributed by atoms with Crippen molar-refractivity contribution < 1.29 is 0 Å². The first-order valence-corrected chi connectivity index (χ1v) is 4.41. The molecule has 0 saturated carbocycles. The summed E-state index contributed by atoms with van der Waals surface area (Å²) in [7, 11) is 0. The van der Waals surface area contributed by atoms with Crippen LogP contribution in [0.5, 0.6) is 0 Å². The number of nitriles is 2. The average Bonchev–Trinajstić information content (AvgIpc) is 2.16. The van der Waals surface area contributed by atoms with Crippen LogP contribution in [0, 0.1) is 22.7 Å². The van der Waals surface area contributed by atoms with Gasteiger partial charge in [0.1, 0.15) is 6.07 Å². The van der Waals surface area contributed by atoms with E-state index in [1.54, 1.807) is 0 Å². The molecule has 70 valence electrons. The maximum Gasteiger partial charge on any atom is 0.151 e. The quantitative estimate of drug-likeness (QED) is 0.381. The van der Waals surface area contributed by atoms with Gasteiger partial charge in [-0.3, -0.25) is 0 Å². The molecule has 0 saturated heterocycles. The summed E-state index contributed by atoms with van der Waals surface area (Å²) in [5, 5.41) is 20.6. The van der Waals surface area contributed by atoms with Crippen LogP contribution in [0.2, 0.25) is 0 Å². The molecule has 0 heterocycles. The smallest absolute Gasteiger partial charge is 0.151 e. The summed E-state index contributed by atoms with van der Waals surface area (Å²) in [6.45, 7) is 2.89. The van der Waals surface area contributed by atoms with Gasteiger partial charge in [0.15, 0.2) is 5.71 Å². The molecule has 0 rings (SSSR count). The summed E-state index contributed by atoms with van der Waals surface area (Å²) < 4.78 is 0. The van der Waals surface area contributed by atoms with Crippen molar-refractivity contribution in [3.05, 3.63) is 0 Å². The maximum absolute atomic E-state index is 8.49. The standard InChI is InChI=1S/C9H14N4/c1-2-3-4-7-12-13-9(8-11)5-6-10/h12H,2-5,7H2,1H3. The first-order chi connectivity index (χ1) is 6.35. The van der Waals surface area contributed by atoms with E-state index in [0.29, 0.717) is 0 Å². The van der Waals surface area contributed by atoms with Crippen LogP contribution >= 0.6 is 0 Å². The second-order valence-corrected chi connectivity index (χ2v) is 2.62. The van der Waals surface area contributed by atoms with Crippen LogP contribution in [0.25, 0.3) is 0 Å². The molecule has 1 N–H and O–H groups in total. The van der Waals surface area contributed by atoms with E-state index in [2.05, 4.69) is 17.5 Å². The van der Waals surface area contributed by atoms with Crippen molar-refractivity contribution in [1.29, 1.82) is 10.5 Å². The predicted octanol–water partition coefficient (Wildman–Crippen LogP) is 1.56. The first-order valence-electron chi connectivity index (χ1n) is 4.41. The van der Waals surface area contributed by atoms with Crippen molar-refractivity contribution in [3.63, 3.8) is 0 Å². The zero-order chi connectivity index (χ0) is 9.94. The summed E-state index contributed by atoms with van der Waals surface area (Å²) in [6, 6.07) is 3.74. The molecule has 4 heteroatoms. The first kappa shape index (κ1) is 11.4. The van der Waals surface area contributed by atoms with Crippen molar-refractivity contribution >= 4 is 5.71 Å². The van der Waals surface area contributed by atoms with Crippen LogP contribution in [0.3, 0.4) is 0 Å². The second-order valence-electron chi connectivity index (χ2n) is 2.62. The number of rotatable bonds is 6. The number of hydrazone groups is 1. The van der Waals surface area contributed by atoms with Crippen molar-refractivity contribution in [1.82, 2.24) is 5.43 Å². The fourth-order valence-electron chi connectivity index (χ4n) is 0.784. The molecule has 0 bridgehead atoms. The Hall–Kier alpha value is -1.55. The summed E-state index contributed by atoms with van der Waals surface area (Å²) in [5.41, 5.74) is 3.02. The lowest BCUT2D eigenvalue weighted by atomic mass is 10.2. The summed E-state index contributed by atoms with van der Waals surface area (Å²) in [5.74, 6) is 0. The van der Waals surface area contributed by atoms with Crippen LogP contribution in [0.4, 0.5) is 0 Å². The molecule has 0 aliphatic heterocycles.